The molecule has 2 N–H and O–H groups in total. The van der Waals surface area contributed by atoms with Crippen LogP contribution < -0.4 is 5.73 Å². The lowest BCUT2D eigenvalue weighted by molar-refractivity contribution is 0.419. The van der Waals surface area contributed by atoms with Crippen molar-refractivity contribution in [3.8, 4) is 0 Å². The van der Waals surface area contributed by atoms with Crippen LogP contribution in [0.2, 0.25) is 0 Å². The number of hydrogen-bond acceptors (Lipinski definition) is 3. The maximum atomic E-state index is 6.55. The largest absolute Gasteiger partial charge is 0.323 e. The summed E-state index contributed by atoms with van der Waals surface area (Å²) >= 11 is 4.14. The third-order valence-electron chi connectivity index (χ3n) is 4.46. The smallest absolute Gasteiger partial charge is 0.0426 e. The molecule has 3 heteroatoms. The molecule has 104 valence electrons. The minimum Gasteiger partial charge on any atom is -0.323 e. The van der Waals surface area contributed by atoms with Gasteiger partial charge in [-0.1, -0.05) is 37.6 Å². The van der Waals surface area contributed by atoms with E-state index in [2.05, 4.69) is 54.7 Å². The summed E-state index contributed by atoms with van der Waals surface area (Å²) in [6, 6.07) is 9.27. The average Bonchev–Trinajstić information content (AvgIpc) is 2.37. The monoisotopic (exact) mass is 293 g/mol. The maximum Gasteiger partial charge on any atom is 0.0426 e. The molecule has 1 saturated carbocycles. The van der Waals surface area contributed by atoms with Gasteiger partial charge in [-0.15, -0.1) is 0 Å². The first-order valence-electron chi connectivity index (χ1n) is 7.34. The van der Waals surface area contributed by atoms with Crippen LogP contribution in [0.1, 0.15) is 49.3 Å². The van der Waals surface area contributed by atoms with E-state index in [0.717, 1.165) is 5.92 Å². The molecule has 0 bridgehead atoms. The Labute approximate surface area is 125 Å². The molecule has 1 nitrogen and oxygen atoms in total. The molecule has 1 heterocycles. The van der Waals surface area contributed by atoms with Crippen LogP contribution >= 0.6 is 23.5 Å². The molecule has 1 aliphatic heterocycles. The van der Waals surface area contributed by atoms with Crippen LogP contribution in [-0.4, -0.2) is 22.0 Å². The van der Waals surface area contributed by atoms with Crippen molar-refractivity contribution >= 4 is 23.5 Å². The van der Waals surface area contributed by atoms with E-state index < -0.39 is 0 Å². The van der Waals surface area contributed by atoms with E-state index in [1.807, 2.05) is 0 Å². The van der Waals surface area contributed by atoms with E-state index in [1.165, 1.54) is 41.9 Å². The van der Waals surface area contributed by atoms with E-state index >= 15 is 0 Å². The third-order valence-corrected chi connectivity index (χ3v) is 7.68. The average molecular weight is 294 g/mol. The highest BCUT2D eigenvalue weighted by Gasteiger charge is 2.29. The Balaban J connectivity index is 1.76. The van der Waals surface area contributed by atoms with Crippen LogP contribution in [0.5, 0.6) is 0 Å². The molecule has 0 amide bonds. The zero-order valence-corrected chi connectivity index (χ0v) is 13.2. The fourth-order valence-electron chi connectivity index (χ4n) is 3.00. The van der Waals surface area contributed by atoms with Crippen molar-refractivity contribution in [2.45, 2.75) is 48.6 Å². The van der Waals surface area contributed by atoms with Crippen LogP contribution in [0, 0.1) is 0 Å². The van der Waals surface area contributed by atoms with Gasteiger partial charge in [-0.3, -0.25) is 0 Å². The first kappa shape index (κ1) is 13.8. The molecule has 1 aliphatic carbocycles. The SMILES string of the molecule is CC1SCCSC1C(N)c1cccc(C2CCC2)c1. The Morgan fingerprint density at radius 2 is 2.00 bits per heavy atom. The normalized spacial score (nSPS) is 29.8. The first-order valence-corrected chi connectivity index (χ1v) is 9.44. The van der Waals surface area contributed by atoms with Crippen LogP contribution in [0.25, 0.3) is 0 Å². The maximum absolute atomic E-state index is 6.55. The van der Waals surface area contributed by atoms with E-state index in [4.69, 9.17) is 5.73 Å². The Hall–Kier alpha value is -0.120. The molecule has 0 spiro atoms. The third kappa shape index (κ3) is 2.98. The fraction of sp³-hybridized carbons (Fsp3) is 0.625. The Morgan fingerprint density at radius 1 is 1.21 bits per heavy atom. The quantitative estimate of drug-likeness (QED) is 0.905. The zero-order valence-electron chi connectivity index (χ0n) is 11.5. The van der Waals surface area contributed by atoms with Gasteiger partial charge in [0.1, 0.15) is 0 Å². The topological polar surface area (TPSA) is 26.0 Å². The van der Waals surface area contributed by atoms with Crippen molar-refractivity contribution in [3.63, 3.8) is 0 Å². The second kappa shape index (κ2) is 6.11. The molecule has 0 radical (unpaired) electrons. The lowest BCUT2D eigenvalue weighted by Gasteiger charge is -2.33. The number of rotatable bonds is 3. The first-order chi connectivity index (χ1) is 9.25. The second-order valence-electron chi connectivity index (χ2n) is 5.74. The van der Waals surface area contributed by atoms with Crippen LogP contribution in [0.3, 0.4) is 0 Å². The second-order valence-corrected chi connectivity index (χ2v) is 8.51. The predicted octanol–water partition coefficient (Wildman–Crippen LogP) is 4.19. The molecule has 2 fully saturated rings. The van der Waals surface area contributed by atoms with Gasteiger partial charge in [0.05, 0.1) is 0 Å². The summed E-state index contributed by atoms with van der Waals surface area (Å²) in [6.07, 6.45) is 4.12. The van der Waals surface area contributed by atoms with E-state index in [0.29, 0.717) is 10.5 Å². The van der Waals surface area contributed by atoms with E-state index in [9.17, 15) is 0 Å². The summed E-state index contributed by atoms with van der Waals surface area (Å²) < 4.78 is 0. The standard InChI is InChI=1S/C16H23NS2/c1-11-16(19-9-8-18-11)15(17)14-7-3-6-13(10-14)12-4-2-5-12/h3,6-7,10-12,15-16H,2,4-5,8-9,17H2,1H3. The van der Waals surface area contributed by atoms with Crippen molar-refractivity contribution < 1.29 is 0 Å². The van der Waals surface area contributed by atoms with E-state index in [-0.39, 0.29) is 6.04 Å². The number of benzene rings is 1. The zero-order chi connectivity index (χ0) is 13.2. The van der Waals surface area contributed by atoms with Gasteiger partial charge < -0.3 is 5.73 Å². The molecule has 1 saturated heterocycles. The van der Waals surface area contributed by atoms with Crippen molar-refractivity contribution in [1.29, 1.82) is 0 Å². The van der Waals surface area contributed by atoms with Gasteiger partial charge in [0.2, 0.25) is 0 Å². The van der Waals surface area contributed by atoms with Gasteiger partial charge in [-0.2, -0.15) is 23.5 Å². The molecule has 1 aromatic rings. The van der Waals surface area contributed by atoms with Crippen molar-refractivity contribution in [2.75, 3.05) is 11.5 Å². The molecule has 2 aliphatic rings. The Morgan fingerprint density at radius 3 is 2.68 bits per heavy atom. The Kier molecular flexibility index (Phi) is 4.45. The molecular weight excluding hydrogens is 270 g/mol. The summed E-state index contributed by atoms with van der Waals surface area (Å²) in [5.74, 6) is 3.32. The minimum absolute atomic E-state index is 0.188. The highest BCUT2D eigenvalue weighted by Crippen LogP contribution is 2.40. The van der Waals surface area contributed by atoms with Crippen LogP contribution in [-0.2, 0) is 0 Å². The van der Waals surface area contributed by atoms with Gasteiger partial charge in [-0.25, -0.2) is 0 Å². The van der Waals surface area contributed by atoms with Crippen molar-refractivity contribution in [1.82, 2.24) is 0 Å². The van der Waals surface area contributed by atoms with Gasteiger partial charge >= 0.3 is 0 Å². The summed E-state index contributed by atoms with van der Waals surface area (Å²) in [5, 5.41) is 1.23. The predicted molar refractivity (Wildman–Crippen MR) is 88.1 cm³/mol. The van der Waals surface area contributed by atoms with Gasteiger partial charge in [-0.05, 0) is 29.9 Å². The van der Waals surface area contributed by atoms with Gasteiger partial charge in [0.25, 0.3) is 0 Å². The minimum atomic E-state index is 0.188. The van der Waals surface area contributed by atoms with Gasteiger partial charge in [0, 0.05) is 28.0 Å². The highest BCUT2D eigenvalue weighted by atomic mass is 32.2. The molecule has 19 heavy (non-hydrogen) atoms. The van der Waals surface area contributed by atoms with Crippen molar-refractivity contribution in [2.24, 2.45) is 5.73 Å². The number of nitrogens with two attached hydrogens (primary N) is 1. The summed E-state index contributed by atoms with van der Waals surface area (Å²) in [4.78, 5) is 0. The lowest BCUT2D eigenvalue weighted by Crippen LogP contribution is -2.34. The summed E-state index contributed by atoms with van der Waals surface area (Å²) in [6.45, 7) is 2.33. The van der Waals surface area contributed by atoms with Crippen LogP contribution in [0.4, 0.5) is 0 Å². The molecule has 0 aromatic heterocycles. The number of thioether (sulfide) groups is 2. The fourth-order valence-corrected chi connectivity index (χ4v) is 5.88. The summed E-state index contributed by atoms with van der Waals surface area (Å²) in [5.41, 5.74) is 9.41. The lowest BCUT2D eigenvalue weighted by atomic mass is 9.79. The highest BCUT2D eigenvalue weighted by molar-refractivity contribution is 8.07. The summed E-state index contributed by atoms with van der Waals surface area (Å²) in [7, 11) is 0. The van der Waals surface area contributed by atoms with Crippen molar-refractivity contribution in [3.05, 3.63) is 35.4 Å². The van der Waals surface area contributed by atoms with Gasteiger partial charge in [0.15, 0.2) is 0 Å². The molecule has 3 unspecified atom stereocenters. The van der Waals surface area contributed by atoms with Crippen LogP contribution in [0.15, 0.2) is 24.3 Å². The molecule has 1 aromatic carbocycles. The molecule has 3 rings (SSSR count). The number of hydrogen-bond donors (Lipinski definition) is 1. The Bertz CT molecular complexity index is 431. The van der Waals surface area contributed by atoms with E-state index in [1.54, 1.807) is 0 Å². The molecular formula is C16H23NS2. The molecule has 3 atom stereocenters.